The van der Waals surface area contributed by atoms with Crippen molar-refractivity contribution < 1.29 is 18.9 Å². The van der Waals surface area contributed by atoms with E-state index < -0.39 is 0 Å². The highest BCUT2D eigenvalue weighted by atomic mass is 16.5. The average molecular weight is 705 g/mol. The zero-order valence-corrected chi connectivity index (χ0v) is 31.6. The van der Waals surface area contributed by atoms with Gasteiger partial charge in [-0.05, 0) is 167 Å². The molecule has 0 spiro atoms. The van der Waals surface area contributed by atoms with Crippen LogP contribution in [0.3, 0.4) is 0 Å². The fourth-order valence-corrected chi connectivity index (χ4v) is 9.35. The van der Waals surface area contributed by atoms with Crippen LogP contribution in [0.25, 0.3) is 0 Å². The minimum atomic E-state index is -0.207. The van der Waals surface area contributed by atoms with Crippen molar-refractivity contribution in [2.24, 2.45) is 47.3 Å². The monoisotopic (exact) mass is 704 g/mol. The van der Waals surface area contributed by atoms with Crippen LogP contribution in [-0.4, -0.2) is 31.5 Å². The Kier molecular flexibility index (Phi) is 17.4. The first-order chi connectivity index (χ1) is 26.0. The van der Waals surface area contributed by atoms with E-state index >= 15 is 0 Å². The SMILES string of the molecule is C#CC#CC#CC#CC#COC1CCCC(C2CC(C)C(OC)CC2/C=C/C2CCC(/C=C/C)C(C3CCC(OC#CC#C)C(OC#CC#C)C3)C2)C1. The van der Waals surface area contributed by atoms with E-state index in [1.165, 1.54) is 25.7 Å². The van der Waals surface area contributed by atoms with Gasteiger partial charge in [-0.25, -0.2) is 0 Å². The number of rotatable bonds is 9. The van der Waals surface area contributed by atoms with Crippen molar-refractivity contribution in [3.05, 3.63) is 24.3 Å². The molecule has 4 aliphatic rings. The predicted molar refractivity (Wildman–Crippen MR) is 212 cm³/mol. The fraction of sp³-hybridized carbons (Fsp3) is 0.551. The molecule has 4 rings (SSSR count). The van der Waals surface area contributed by atoms with Crippen LogP contribution >= 0.6 is 0 Å². The number of hydrogen-bond acceptors (Lipinski definition) is 4. The topological polar surface area (TPSA) is 36.9 Å². The molecular weight excluding hydrogens is 653 g/mol. The summed E-state index contributed by atoms with van der Waals surface area (Å²) in [5.74, 6) is 34.6. The van der Waals surface area contributed by atoms with Crippen LogP contribution in [0, 0.1) is 156 Å². The average Bonchev–Trinajstić information content (AvgIpc) is 3.18. The van der Waals surface area contributed by atoms with Crippen LogP contribution < -0.4 is 0 Å². The molecule has 12 unspecified atom stereocenters. The lowest BCUT2D eigenvalue weighted by Crippen LogP contribution is -2.41. The summed E-state index contributed by atoms with van der Waals surface area (Å²) < 4.78 is 23.8. The summed E-state index contributed by atoms with van der Waals surface area (Å²) in [5.41, 5.74) is 0. The summed E-state index contributed by atoms with van der Waals surface area (Å²) in [5, 5.41) is 0. The standard InChI is InChI=1S/C49H52O4/c1-7-11-14-15-16-17-18-19-32-51-44-23-20-22-41(35-44)45-33-38(5)48(50-6)36-42(45)27-25-39-24-26-40(21-10-4)46(34-39)43-28-29-47(52-30-12-8-2)49(37-43)53-31-13-9-3/h1-3,10,21,25,27,38-49H,20,22-24,26,28-29,33-37H2,4-6H3/b21-10+,27-25+. The molecule has 0 aromatic rings. The lowest BCUT2D eigenvalue weighted by molar-refractivity contribution is -0.0423. The zero-order chi connectivity index (χ0) is 37.7. The van der Waals surface area contributed by atoms with Crippen molar-refractivity contribution in [1.82, 2.24) is 0 Å². The van der Waals surface area contributed by atoms with Gasteiger partial charge in [0.05, 0.1) is 6.10 Å². The van der Waals surface area contributed by atoms with Crippen molar-refractivity contribution >= 4 is 0 Å². The largest absolute Gasteiger partial charge is 0.443 e. The fourth-order valence-electron chi connectivity index (χ4n) is 9.35. The van der Waals surface area contributed by atoms with Gasteiger partial charge in [-0.1, -0.05) is 31.2 Å². The molecule has 53 heavy (non-hydrogen) atoms. The molecule has 0 heterocycles. The first-order valence-electron chi connectivity index (χ1n) is 19.2. The summed E-state index contributed by atoms with van der Waals surface area (Å²) in [6.45, 7) is 4.49. The molecule has 0 aliphatic heterocycles. The molecule has 4 aliphatic carbocycles. The molecule has 4 heteroatoms. The molecule has 272 valence electrons. The van der Waals surface area contributed by atoms with Gasteiger partial charge in [-0.3, -0.25) is 0 Å². The lowest BCUT2D eigenvalue weighted by atomic mass is 9.63. The number of ether oxygens (including phenoxy) is 4. The van der Waals surface area contributed by atoms with Crippen LogP contribution in [-0.2, 0) is 18.9 Å². The summed E-state index contributed by atoms with van der Waals surface area (Å²) in [6, 6.07) is 0. The van der Waals surface area contributed by atoms with Crippen LogP contribution in [0.15, 0.2) is 24.3 Å². The highest BCUT2D eigenvalue weighted by Crippen LogP contribution is 2.48. The van der Waals surface area contributed by atoms with Crippen LogP contribution in [0.4, 0.5) is 0 Å². The van der Waals surface area contributed by atoms with Crippen molar-refractivity contribution in [2.45, 2.75) is 115 Å². The first-order valence-corrected chi connectivity index (χ1v) is 19.2. The van der Waals surface area contributed by atoms with E-state index in [0.717, 1.165) is 51.4 Å². The lowest BCUT2D eigenvalue weighted by Gasteiger charge is -2.45. The van der Waals surface area contributed by atoms with E-state index in [4.69, 9.17) is 38.2 Å². The highest BCUT2D eigenvalue weighted by Gasteiger charge is 2.42. The second-order valence-electron chi connectivity index (χ2n) is 14.8. The molecule has 4 nitrogen and oxygen atoms in total. The smallest absolute Gasteiger partial charge is 0.148 e. The number of methoxy groups -OCH3 is 1. The number of allylic oxidation sites excluding steroid dienone is 4. The van der Waals surface area contributed by atoms with Gasteiger partial charge in [0.25, 0.3) is 0 Å². The number of terminal acetylenes is 3. The Balaban J connectivity index is 1.45. The maximum atomic E-state index is 6.03. The van der Waals surface area contributed by atoms with Gasteiger partial charge in [-0.15, -0.1) is 19.3 Å². The summed E-state index contributed by atoms with van der Waals surface area (Å²) in [6.07, 6.45) is 46.7. The summed E-state index contributed by atoms with van der Waals surface area (Å²) in [4.78, 5) is 0. The number of hydrogen-bond donors (Lipinski definition) is 0. The minimum Gasteiger partial charge on any atom is -0.443 e. The minimum absolute atomic E-state index is 0.119. The van der Waals surface area contributed by atoms with Gasteiger partial charge in [0, 0.05) is 42.6 Å². The van der Waals surface area contributed by atoms with E-state index in [1.807, 2.05) is 7.11 Å². The van der Waals surface area contributed by atoms with E-state index in [9.17, 15) is 0 Å². The van der Waals surface area contributed by atoms with Crippen LogP contribution in [0.5, 0.6) is 0 Å². The molecule has 0 aromatic heterocycles. The molecule has 0 radical (unpaired) electrons. The van der Waals surface area contributed by atoms with Crippen molar-refractivity contribution in [2.75, 3.05) is 7.11 Å². The normalized spacial score (nSPS) is 33.1. The molecule has 0 N–H and O–H groups in total. The quantitative estimate of drug-likeness (QED) is 0.182. The molecule has 4 fully saturated rings. The third-order valence-corrected chi connectivity index (χ3v) is 11.7. The van der Waals surface area contributed by atoms with Gasteiger partial charge >= 0.3 is 0 Å². The first kappa shape index (κ1) is 40.6. The Morgan fingerprint density at radius 1 is 0.528 bits per heavy atom. The van der Waals surface area contributed by atoms with Gasteiger partial charge < -0.3 is 18.9 Å². The van der Waals surface area contributed by atoms with Crippen LogP contribution in [0.2, 0.25) is 0 Å². The zero-order valence-electron chi connectivity index (χ0n) is 31.6. The van der Waals surface area contributed by atoms with E-state index in [1.54, 1.807) is 0 Å². The maximum Gasteiger partial charge on any atom is 0.148 e. The molecule has 12 atom stereocenters. The second kappa shape index (κ2) is 22.7. The molecule has 0 bridgehead atoms. The Morgan fingerprint density at radius 3 is 1.91 bits per heavy atom. The highest BCUT2D eigenvalue weighted by molar-refractivity contribution is 5.41. The predicted octanol–water partition coefficient (Wildman–Crippen LogP) is 7.77. The van der Waals surface area contributed by atoms with Gasteiger partial charge in [0.2, 0.25) is 0 Å². The van der Waals surface area contributed by atoms with E-state index in [2.05, 4.69) is 128 Å². The van der Waals surface area contributed by atoms with E-state index in [-0.39, 0.29) is 24.4 Å². The van der Waals surface area contributed by atoms with Gasteiger partial charge in [0.15, 0.2) is 0 Å². The Bertz CT molecular complexity index is 1790. The molecule has 4 saturated carbocycles. The Morgan fingerprint density at radius 2 is 1.19 bits per heavy atom. The third kappa shape index (κ3) is 12.8. The van der Waals surface area contributed by atoms with Crippen molar-refractivity contribution in [3.8, 4) is 109 Å². The van der Waals surface area contributed by atoms with Gasteiger partial charge in [-0.2, -0.15) is 0 Å². The Hall–Kier alpha value is -5.12. The molecule has 0 saturated heterocycles. The Labute approximate surface area is 320 Å². The van der Waals surface area contributed by atoms with Gasteiger partial charge in [0.1, 0.15) is 36.6 Å². The maximum absolute atomic E-state index is 6.03. The summed E-state index contributed by atoms with van der Waals surface area (Å²) >= 11 is 0. The van der Waals surface area contributed by atoms with E-state index in [0.29, 0.717) is 47.3 Å². The molecular formula is C49H52O4. The van der Waals surface area contributed by atoms with Crippen molar-refractivity contribution in [3.63, 3.8) is 0 Å². The molecule has 0 amide bonds. The second-order valence-corrected chi connectivity index (χ2v) is 14.8. The summed E-state index contributed by atoms with van der Waals surface area (Å²) in [7, 11) is 1.87. The van der Waals surface area contributed by atoms with Crippen molar-refractivity contribution in [1.29, 1.82) is 0 Å². The molecule has 0 aromatic carbocycles. The van der Waals surface area contributed by atoms with Crippen LogP contribution in [0.1, 0.15) is 90.9 Å². The third-order valence-electron chi connectivity index (χ3n) is 11.7.